The highest BCUT2D eigenvalue weighted by Crippen LogP contribution is 2.26. The number of fused-ring (bicyclic) bond motifs is 1. The largest absolute Gasteiger partial charge is 0.481 e. The molecule has 0 bridgehead atoms. The third-order valence-corrected chi connectivity index (χ3v) is 6.38. The number of para-hydroxylation sites is 1. The van der Waals surface area contributed by atoms with Gasteiger partial charge in [0.05, 0.1) is 42.1 Å². The van der Waals surface area contributed by atoms with Gasteiger partial charge in [0.2, 0.25) is 11.8 Å². The minimum atomic E-state index is -1.03. The number of carbonyl (C=O) groups excluding carboxylic acids is 2. The number of rotatable bonds is 10. The van der Waals surface area contributed by atoms with Gasteiger partial charge in [-0.05, 0) is 12.0 Å². The number of nitrogens with zero attached hydrogens (tertiary/aromatic N) is 4. The highest BCUT2D eigenvalue weighted by Gasteiger charge is 2.36. The Hall–Kier alpha value is -4.54. The minimum Gasteiger partial charge on any atom is -0.481 e. The van der Waals surface area contributed by atoms with E-state index in [-0.39, 0.29) is 50.5 Å². The Morgan fingerprint density at radius 2 is 1.81 bits per heavy atom. The van der Waals surface area contributed by atoms with Gasteiger partial charge in [0, 0.05) is 31.0 Å². The predicted molar refractivity (Wildman–Crippen MR) is 132 cm³/mol. The van der Waals surface area contributed by atoms with Crippen LogP contribution in [-0.2, 0) is 40.3 Å². The van der Waals surface area contributed by atoms with Gasteiger partial charge in [0.15, 0.2) is 0 Å². The molecule has 2 heterocycles. The normalized spacial score (nSPS) is 14.6. The van der Waals surface area contributed by atoms with Crippen molar-refractivity contribution in [2.24, 2.45) is 0 Å². The number of nitro groups is 1. The number of nitrogens with one attached hydrogen (secondary N) is 1. The van der Waals surface area contributed by atoms with Crippen molar-refractivity contribution in [3.8, 4) is 0 Å². The maximum absolute atomic E-state index is 13.3. The van der Waals surface area contributed by atoms with E-state index in [1.54, 1.807) is 29.1 Å². The molecule has 0 radical (unpaired) electrons. The molecule has 0 spiro atoms. The van der Waals surface area contributed by atoms with Crippen molar-refractivity contribution in [1.29, 1.82) is 0 Å². The zero-order valence-electron chi connectivity index (χ0n) is 20.1. The molecule has 0 saturated carbocycles. The molecule has 1 aromatic heterocycles. The number of aliphatic carboxylic acids is 1. The maximum atomic E-state index is 13.3. The van der Waals surface area contributed by atoms with E-state index in [2.05, 4.69) is 10.3 Å². The van der Waals surface area contributed by atoms with Crippen molar-refractivity contribution >= 4 is 23.5 Å². The van der Waals surface area contributed by atoms with Gasteiger partial charge in [-0.2, -0.15) is 0 Å². The molecule has 0 fully saturated rings. The molecule has 37 heavy (non-hydrogen) atoms. The average Bonchev–Trinajstić information content (AvgIpc) is 3.28. The molecule has 11 heteroatoms. The first-order chi connectivity index (χ1) is 17.8. The fourth-order valence-corrected chi connectivity index (χ4v) is 4.46. The topological polar surface area (TPSA) is 148 Å². The Morgan fingerprint density at radius 1 is 1.08 bits per heavy atom. The molecule has 3 aromatic rings. The van der Waals surface area contributed by atoms with Crippen LogP contribution in [-0.4, -0.2) is 54.9 Å². The lowest BCUT2D eigenvalue weighted by Crippen LogP contribution is -2.53. The van der Waals surface area contributed by atoms with Crippen LogP contribution in [0.15, 0.2) is 60.9 Å². The van der Waals surface area contributed by atoms with Crippen molar-refractivity contribution in [1.82, 2.24) is 19.8 Å². The van der Waals surface area contributed by atoms with Crippen LogP contribution in [0, 0.1) is 10.1 Å². The van der Waals surface area contributed by atoms with Crippen molar-refractivity contribution in [3.05, 3.63) is 93.6 Å². The van der Waals surface area contributed by atoms with Gasteiger partial charge in [-0.3, -0.25) is 24.5 Å². The van der Waals surface area contributed by atoms with Crippen LogP contribution >= 0.6 is 0 Å². The summed E-state index contributed by atoms with van der Waals surface area (Å²) in [7, 11) is 0. The number of benzene rings is 2. The van der Waals surface area contributed by atoms with E-state index in [1.165, 1.54) is 11.0 Å². The Kier molecular flexibility index (Phi) is 7.92. The third-order valence-electron chi connectivity index (χ3n) is 6.38. The SMILES string of the molecule is O=C(O)CCNC(=O)C1Cc2ncn(Cc3ccccc3[N+](=O)[O-])c2CN1C(=O)CCc1ccccc1. The summed E-state index contributed by atoms with van der Waals surface area (Å²) in [6.07, 6.45) is 2.20. The molecule has 2 aromatic carbocycles. The molecule has 2 amide bonds. The van der Waals surface area contributed by atoms with E-state index in [1.807, 2.05) is 30.3 Å². The highest BCUT2D eigenvalue weighted by atomic mass is 16.6. The second-order valence-corrected chi connectivity index (χ2v) is 8.81. The summed E-state index contributed by atoms with van der Waals surface area (Å²) >= 11 is 0. The van der Waals surface area contributed by atoms with E-state index in [4.69, 9.17) is 5.11 Å². The van der Waals surface area contributed by atoms with Crippen molar-refractivity contribution < 1.29 is 24.4 Å². The fraction of sp³-hybridized carbons (Fsp3) is 0.308. The van der Waals surface area contributed by atoms with E-state index in [0.29, 0.717) is 23.4 Å². The first-order valence-electron chi connectivity index (χ1n) is 11.9. The lowest BCUT2D eigenvalue weighted by molar-refractivity contribution is -0.385. The summed E-state index contributed by atoms with van der Waals surface area (Å²) in [5.74, 6) is -1.68. The molecule has 0 aliphatic carbocycles. The zero-order valence-corrected chi connectivity index (χ0v) is 20.1. The van der Waals surface area contributed by atoms with Gasteiger partial charge in [-0.25, -0.2) is 4.98 Å². The van der Waals surface area contributed by atoms with E-state index in [9.17, 15) is 24.5 Å². The van der Waals surface area contributed by atoms with E-state index < -0.39 is 22.8 Å². The molecule has 4 rings (SSSR count). The minimum absolute atomic E-state index is 0.00719. The summed E-state index contributed by atoms with van der Waals surface area (Å²) in [4.78, 5) is 54.2. The fourth-order valence-electron chi connectivity index (χ4n) is 4.46. The second-order valence-electron chi connectivity index (χ2n) is 8.81. The van der Waals surface area contributed by atoms with Crippen LogP contribution in [0.1, 0.15) is 35.4 Å². The number of hydrogen-bond donors (Lipinski definition) is 2. The number of aromatic nitrogens is 2. The number of imidazole rings is 1. The lowest BCUT2D eigenvalue weighted by atomic mass is 10.00. The summed E-state index contributed by atoms with van der Waals surface area (Å²) in [6, 6.07) is 15.2. The van der Waals surface area contributed by atoms with E-state index in [0.717, 1.165) is 5.56 Å². The van der Waals surface area contributed by atoms with Gasteiger partial charge in [-0.1, -0.05) is 48.5 Å². The number of aryl methyl sites for hydroxylation is 1. The average molecular weight is 506 g/mol. The number of amides is 2. The van der Waals surface area contributed by atoms with Crippen LogP contribution in [0.3, 0.4) is 0 Å². The molecular weight excluding hydrogens is 478 g/mol. The number of nitro benzene ring substituents is 1. The Bertz CT molecular complexity index is 1310. The maximum Gasteiger partial charge on any atom is 0.305 e. The van der Waals surface area contributed by atoms with Crippen LogP contribution < -0.4 is 5.32 Å². The van der Waals surface area contributed by atoms with Crippen LogP contribution in [0.5, 0.6) is 0 Å². The number of hydrogen-bond acceptors (Lipinski definition) is 6. The first-order valence-corrected chi connectivity index (χ1v) is 11.9. The van der Waals surface area contributed by atoms with Gasteiger partial charge >= 0.3 is 5.97 Å². The van der Waals surface area contributed by atoms with Gasteiger partial charge in [-0.15, -0.1) is 0 Å². The third kappa shape index (κ3) is 6.18. The Balaban J connectivity index is 1.57. The van der Waals surface area contributed by atoms with Crippen LogP contribution in [0.4, 0.5) is 5.69 Å². The molecule has 1 unspecified atom stereocenters. The summed E-state index contributed by atoms with van der Waals surface area (Å²) in [6.45, 7) is 0.261. The second kappa shape index (κ2) is 11.5. The number of carboxylic acid groups (broad SMARTS) is 1. The molecule has 0 saturated heterocycles. The smallest absolute Gasteiger partial charge is 0.305 e. The molecular formula is C26H27N5O6. The summed E-state index contributed by atoms with van der Waals surface area (Å²) in [5.41, 5.74) is 2.83. The molecule has 2 N–H and O–H groups in total. The number of carbonyl (C=O) groups is 3. The molecule has 1 aliphatic rings. The Morgan fingerprint density at radius 3 is 2.54 bits per heavy atom. The molecule has 1 aliphatic heterocycles. The summed E-state index contributed by atoms with van der Waals surface area (Å²) < 4.78 is 1.77. The van der Waals surface area contributed by atoms with Gasteiger partial charge in [0.1, 0.15) is 6.04 Å². The first kappa shape index (κ1) is 25.5. The highest BCUT2D eigenvalue weighted by molar-refractivity contribution is 5.88. The van der Waals surface area contributed by atoms with Crippen molar-refractivity contribution in [2.45, 2.75) is 44.8 Å². The molecule has 11 nitrogen and oxygen atoms in total. The molecule has 192 valence electrons. The van der Waals surface area contributed by atoms with Crippen molar-refractivity contribution in [2.75, 3.05) is 6.54 Å². The Labute approximate surface area is 212 Å². The monoisotopic (exact) mass is 505 g/mol. The molecule has 1 atom stereocenters. The standard InChI is InChI=1S/C26H27N5O6/c32-24(11-10-18-6-2-1-3-7-18)30-16-23-20(14-22(30)26(35)27-13-12-25(33)34)28-17-29(23)15-19-8-4-5-9-21(19)31(36)37/h1-9,17,22H,10-16H2,(H,27,35)(H,33,34). The zero-order chi connectivity index (χ0) is 26.4. The summed E-state index contributed by atoms with van der Waals surface area (Å²) in [5, 5.41) is 23.0. The van der Waals surface area contributed by atoms with Gasteiger partial charge in [0.25, 0.3) is 5.69 Å². The van der Waals surface area contributed by atoms with Gasteiger partial charge < -0.3 is 19.9 Å². The lowest BCUT2D eigenvalue weighted by Gasteiger charge is -2.35. The van der Waals surface area contributed by atoms with E-state index >= 15 is 0 Å². The predicted octanol–water partition coefficient (Wildman–Crippen LogP) is 2.32. The van der Waals surface area contributed by atoms with Crippen molar-refractivity contribution in [3.63, 3.8) is 0 Å². The van der Waals surface area contributed by atoms with Crippen LogP contribution in [0.2, 0.25) is 0 Å². The van der Waals surface area contributed by atoms with Crippen LogP contribution in [0.25, 0.3) is 0 Å². The quantitative estimate of drug-likeness (QED) is 0.317. The number of carboxylic acids is 1.